The van der Waals surface area contributed by atoms with E-state index in [9.17, 15) is 14.4 Å². The van der Waals surface area contributed by atoms with Crippen molar-refractivity contribution in [2.75, 3.05) is 7.11 Å². The fourth-order valence-electron chi connectivity index (χ4n) is 10.2. The van der Waals surface area contributed by atoms with Crippen LogP contribution in [0.5, 0.6) is 0 Å². The molecule has 0 aromatic heterocycles. The van der Waals surface area contributed by atoms with Crippen molar-refractivity contribution >= 4 is 40.7 Å². The summed E-state index contributed by atoms with van der Waals surface area (Å²) < 4.78 is 12.1. The van der Waals surface area contributed by atoms with Crippen molar-refractivity contribution in [1.82, 2.24) is 4.90 Å². The minimum Gasteiger partial charge on any atom is -0.469 e. The molecule has 3 aliphatic heterocycles. The zero-order valence-electron chi connectivity index (χ0n) is 23.9. The highest BCUT2D eigenvalue weighted by Gasteiger charge is 2.72. The van der Waals surface area contributed by atoms with Crippen molar-refractivity contribution in [3.63, 3.8) is 0 Å². The zero-order valence-corrected chi connectivity index (χ0v) is 25.4. The number of hydrogen-bond donors (Lipinski definition) is 0. The Labute approximate surface area is 241 Å². The highest BCUT2D eigenvalue weighted by atomic mass is 35.5. The summed E-state index contributed by atoms with van der Waals surface area (Å²) in [6, 6.07) is -0.226. The van der Waals surface area contributed by atoms with Crippen LogP contribution < -0.4 is 0 Å². The Bertz CT molecular complexity index is 1200. The molecule has 0 unspecified atom stereocenters. The third-order valence-corrected chi connectivity index (χ3v) is 12.4. The van der Waals surface area contributed by atoms with Crippen LogP contribution in [-0.4, -0.2) is 52.3 Å². The molecule has 6 aliphatic rings. The van der Waals surface area contributed by atoms with Crippen LogP contribution in [0.25, 0.3) is 0 Å². The Morgan fingerprint density at radius 2 is 1.92 bits per heavy atom. The van der Waals surface area contributed by atoms with Gasteiger partial charge in [-0.2, -0.15) is 0 Å². The summed E-state index contributed by atoms with van der Waals surface area (Å²) in [5, 5.41) is 0. The summed E-state index contributed by atoms with van der Waals surface area (Å²) in [6.45, 7) is 10.8. The van der Waals surface area contributed by atoms with Gasteiger partial charge in [0.15, 0.2) is 5.78 Å². The van der Waals surface area contributed by atoms with E-state index in [-0.39, 0.29) is 54.4 Å². The zero-order chi connectivity index (χ0) is 28.3. The topological polar surface area (TPSA) is 72.9 Å². The molecule has 3 saturated heterocycles. The molecule has 39 heavy (non-hydrogen) atoms. The number of hydrogen-bond acceptors (Lipinski definition) is 6. The van der Waals surface area contributed by atoms with Crippen LogP contribution in [-0.2, 0) is 23.9 Å². The number of nitrogens with zero attached hydrogens (tertiary/aromatic N) is 1. The Morgan fingerprint density at radius 1 is 1.21 bits per heavy atom. The molecule has 0 aromatic rings. The molecule has 4 fully saturated rings. The average molecular weight is 579 g/mol. The molecule has 1 saturated carbocycles. The first-order chi connectivity index (χ1) is 18.2. The third kappa shape index (κ3) is 3.59. The molecule has 0 aromatic carbocycles. The molecule has 3 heterocycles. The molecule has 10 atom stereocenters. The molecular weight excluding hydrogens is 537 g/mol. The van der Waals surface area contributed by atoms with Crippen molar-refractivity contribution in [2.24, 2.45) is 39.9 Å². The number of ether oxygens (including phenoxy) is 2. The van der Waals surface area contributed by atoms with Gasteiger partial charge in [0, 0.05) is 34.8 Å². The maximum Gasteiger partial charge on any atom is 0.306 e. The standard InChI is InChI=1S/C31H41Cl2NO5/c1-16-9-19-18(20(35)10-16)12-21(36)26-28(19,3)14-23-29(4,30(26,5)15-24(37)38-6)7-8-31-13-17(2)11-22(39-31)25(27(32)33)34(23)31/h10,14,17-19,22,25-27H,7-9,11-13,15H2,1-6H3/t17-,18-,19+,22+,25-,26-,28-,29+,30-,31-/m0/s1. The van der Waals surface area contributed by atoms with Crippen molar-refractivity contribution in [3.05, 3.63) is 23.4 Å². The van der Waals surface area contributed by atoms with Gasteiger partial charge in [0.05, 0.1) is 25.7 Å². The SMILES string of the molecule is COC(=O)C[C@@]1(C)[C@H]2C(=O)C[C@@H]3C(=O)C=C(C)C[C@H]3[C@]2(C)C=C2N3[C@H](C(Cl)Cl)[C@H]4C[C@H](C)C[C@]3(CC[C@]21C)O4. The first kappa shape index (κ1) is 27.8. The second-order valence-electron chi connectivity index (χ2n) is 14.2. The molecular formula is C31H41Cl2NO5. The Kier molecular flexibility index (Phi) is 6.28. The lowest BCUT2D eigenvalue weighted by atomic mass is 9.38. The molecule has 6 rings (SSSR count). The van der Waals surface area contributed by atoms with Crippen LogP contribution in [0, 0.1) is 39.9 Å². The van der Waals surface area contributed by atoms with Crippen LogP contribution in [0.2, 0.25) is 0 Å². The Balaban J connectivity index is 1.61. The number of methoxy groups -OCH3 is 1. The van der Waals surface area contributed by atoms with E-state index in [1.54, 1.807) is 6.08 Å². The van der Waals surface area contributed by atoms with Gasteiger partial charge in [0.2, 0.25) is 0 Å². The van der Waals surface area contributed by atoms with Crippen molar-refractivity contribution in [2.45, 2.75) is 102 Å². The van der Waals surface area contributed by atoms with Crippen LogP contribution in [0.15, 0.2) is 23.4 Å². The van der Waals surface area contributed by atoms with Gasteiger partial charge in [-0.15, -0.1) is 23.2 Å². The highest BCUT2D eigenvalue weighted by Crippen LogP contribution is 2.72. The first-order valence-electron chi connectivity index (χ1n) is 14.5. The molecule has 1 spiro atoms. The summed E-state index contributed by atoms with van der Waals surface area (Å²) in [5.74, 6) is -0.525. The fraction of sp³-hybridized carbons (Fsp3) is 0.774. The van der Waals surface area contributed by atoms with Crippen LogP contribution in [0.4, 0.5) is 0 Å². The monoisotopic (exact) mass is 577 g/mol. The summed E-state index contributed by atoms with van der Waals surface area (Å²) in [4.78, 5) is 42.3. The van der Waals surface area contributed by atoms with Gasteiger partial charge in [-0.3, -0.25) is 14.4 Å². The number of carbonyl (C=O) groups is 3. The minimum absolute atomic E-state index is 0.0346. The van der Waals surface area contributed by atoms with E-state index >= 15 is 0 Å². The lowest BCUT2D eigenvalue weighted by Gasteiger charge is -2.68. The molecule has 0 N–H and O–H groups in total. The number of alkyl halides is 2. The number of allylic oxidation sites excluding steroid dienone is 4. The summed E-state index contributed by atoms with van der Waals surface area (Å²) in [7, 11) is 1.41. The van der Waals surface area contributed by atoms with Crippen molar-refractivity contribution in [3.8, 4) is 0 Å². The number of rotatable bonds is 3. The maximum atomic E-state index is 14.2. The van der Waals surface area contributed by atoms with E-state index in [0.29, 0.717) is 5.92 Å². The lowest BCUT2D eigenvalue weighted by Crippen LogP contribution is -2.68. The number of ketones is 2. The van der Waals surface area contributed by atoms with E-state index in [4.69, 9.17) is 32.7 Å². The average Bonchev–Trinajstić information content (AvgIpc) is 3.08. The summed E-state index contributed by atoms with van der Waals surface area (Å²) >= 11 is 13.5. The number of Topliss-reactive ketones (excluding diaryl/α,β-unsaturated/α-hetero) is 1. The number of piperidine rings is 1. The van der Waals surface area contributed by atoms with E-state index < -0.39 is 32.7 Å². The second-order valence-corrected chi connectivity index (χ2v) is 15.3. The lowest BCUT2D eigenvalue weighted by molar-refractivity contribution is -0.198. The van der Waals surface area contributed by atoms with Gasteiger partial charge >= 0.3 is 5.97 Å². The van der Waals surface area contributed by atoms with Gasteiger partial charge < -0.3 is 14.4 Å². The molecule has 2 bridgehead atoms. The quantitative estimate of drug-likeness (QED) is 0.302. The van der Waals surface area contributed by atoms with Gasteiger partial charge in [-0.1, -0.05) is 39.3 Å². The van der Waals surface area contributed by atoms with E-state index in [0.717, 1.165) is 43.4 Å². The smallest absolute Gasteiger partial charge is 0.306 e. The maximum absolute atomic E-state index is 14.2. The summed E-state index contributed by atoms with van der Waals surface area (Å²) in [6.07, 6.45) is 8.39. The van der Waals surface area contributed by atoms with Crippen LogP contribution in [0.1, 0.15) is 79.6 Å². The van der Waals surface area contributed by atoms with Gasteiger partial charge in [-0.25, -0.2) is 0 Å². The normalized spacial score (nSPS) is 48.5. The van der Waals surface area contributed by atoms with Crippen molar-refractivity contribution in [1.29, 1.82) is 0 Å². The minimum atomic E-state index is -0.734. The largest absolute Gasteiger partial charge is 0.469 e. The van der Waals surface area contributed by atoms with E-state index in [2.05, 4.69) is 38.7 Å². The fourth-order valence-corrected chi connectivity index (χ4v) is 10.7. The third-order valence-electron chi connectivity index (χ3n) is 11.9. The van der Waals surface area contributed by atoms with Gasteiger partial charge in [0.25, 0.3) is 0 Å². The van der Waals surface area contributed by atoms with Gasteiger partial charge in [0.1, 0.15) is 16.3 Å². The van der Waals surface area contributed by atoms with Crippen LogP contribution in [0.3, 0.4) is 0 Å². The predicted octanol–water partition coefficient (Wildman–Crippen LogP) is 6.00. The van der Waals surface area contributed by atoms with E-state index in [1.165, 1.54) is 7.11 Å². The highest BCUT2D eigenvalue weighted by molar-refractivity contribution is 6.44. The number of halogens is 2. The first-order valence-corrected chi connectivity index (χ1v) is 15.4. The Hall–Kier alpha value is -1.37. The molecule has 0 amide bonds. The second kappa shape index (κ2) is 8.82. The molecule has 0 radical (unpaired) electrons. The predicted molar refractivity (Wildman–Crippen MR) is 149 cm³/mol. The number of carbonyl (C=O) groups excluding carboxylic acids is 3. The van der Waals surface area contributed by atoms with Crippen LogP contribution >= 0.6 is 23.2 Å². The molecule has 3 aliphatic carbocycles. The van der Waals surface area contributed by atoms with E-state index in [1.807, 2.05) is 6.92 Å². The number of fused-ring (bicyclic) bond motifs is 6. The molecule has 8 heteroatoms. The van der Waals surface area contributed by atoms with Gasteiger partial charge in [-0.05, 0) is 62.4 Å². The molecule has 214 valence electrons. The van der Waals surface area contributed by atoms with Crippen molar-refractivity contribution < 1.29 is 23.9 Å². The number of esters is 1. The summed E-state index contributed by atoms with van der Waals surface area (Å²) in [5.41, 5.74) is -0.269. The Morgan fingerprint density at radius 3 is 2.59 bits per heavy atom. The molecule has 6 nitrogen and oxygen atoms in total.